The minimum Gasteiger partial charge on any atom is -0.494 e. The van der Waals surface area contributed by atoms with Gasteiger partial charge in [0.1, 0.15) is 12.4 Å². The Morgan fingerprint density at radius 1 is 1.14 bits per heavy atom. The SMILES string of the molecule is O=C1OCCN1Cc1ccc(OCCC2CCCCC2)cc1. The summed E-state index contributed by atoms with van der Waals surface area (Å²) in [5.74, 6) is 1.78. The molecule has 2 fully saturated rings. The molecule has 0 aromatic heterocycles. The van der Waals surface area contributed by atoms with Crippen molar-refractivity contribution in [3.8, 4) is 5.75 Å². The molecule has 1 saturated carbocycles. The molecule has 0 spiro atoms. The predicted molar refractivity (Wildman–Crippen MR) is 84.9 cm³/mol. The second-order valence-corrected chi connectivity index (χ2v) is 6.32. The fourth-order valence-corrected chi connectivity index (χ4v) is 3.30. The third-order valence-electron chi connectivity index (χ3n) is 4.66. The number of benzene rings is 1. The molecule has 0 bridgehead atoms. The number of cyclic esters (lactones) is 1. The third-order valence-corrected chi connectivity index (χ3v) is 4.66. The summed E-state index contributed by atoms with van der Waals surface area (Å²) in [4.78, 5) is 13.1. The van der Waals surface area contributed by atoms with Crippen LogP contribution in [0.3, 0.4) is 0 Å². The van der Waals surface area contributed by atoms with Crippen LogP contribution in [0.5, 0.6) is 5.75 Å². The Morgan fingerprint density at radius 2 is 1.91 bits per heavy atom. The van der Waals surface area contributed by atoms with E-state index in [-0.39, 0.29) is 6.09 Å². The zero-order valence-electron chi connectivity index (χ0n) is 13.1. The second kappa shape index (κ2) is 7.52. The molecule has 0 atom stereocenters. The average molecular weight is 303 g/mol. The molecule has 0 radical (unpaired) electrons. The van der Waals surface area contributed by atoms with Gasteiger partial charge in [0.25, 0.3) is 0 Å². The summed E-state index contributed by atoms with van der Waals surface area (Å²) in [5.41, 5.74) is 1.11. The Morgan fingerprint density at radius 3 is 2.59 bits per heavy atom. The van der Waals surface area contributed by atoms with Gasteiger partial charge in [-0.05, 0) is 30.0 Å². The minimum atomic E-state index is -0.215. The van der Waals surface area contributed by atoms with E-state index in [2.05, 4.69) is 0 Å². The van der Waals surface area contributed by atoms with E-state index in [0.29, 0.717) is 19.7 Å². The van der Waals surface area contributed by atoms with Crippen molar-refractivity contribution in [2.45, 2.75) is 45.1 Å². The highest BCUT2D eigenvalue weighted by atomic mass is 16.6. The van der Waals surface area contributed by atoms with Crippen molar-refractivity contribution in [3.05, 3.63) is 29.8 Å². The normalized spacial score (nSPS) is 19.3. The molecule has 1 aliphatic heterocycles. The first kappa shape index (κ1) is 15.2. The number of carbonyl (C=O) groups is 1. The molecule has 0 unspecified atom stereocenters. The summed E-state index contributed by atoms with van der Waals surface area (Å²) in [5, 5.41) is 0. The molecule has 1 heterocycles. The Balaban J connectivity index is 1.42. The second-order valence-electron chi connectivity index (χ2n) is 6.32. The molecule has 1 saturated heterocycles. The topological polar surface area (TPSA) is 38.8 Å². The van der Waals surface area contributed by atoms with Crippen molar-refractivity contribution in [2.75, 3.05) is 19.8 Å². The zero-order valence-corrected chi connectivity index (χ0v) is 13.1. The van der Waals surface area contributed by atoms with Gasteiger partial charge in [-0.15, -0.1) is 0 Å². The van der Waals surface area contributed by atoms with E-state index in [1.54, 1.807) is 4.90 Å². The fraction of sp³-hybridized carbons (Fsp3) is 0.611. The van der Waals surface area contributed by atoms with Gasteiger partial charge < -0.3 is 14.4 Å². The van der Waals surface area contributed by atoms with Gasteiger partial charge in [-0.3, -0.25) is 0 Å². The summed E-state index contributed by atoms with van der Waals surface area (Å²) < 4.78 is 10.8. The summed E-state index contributed by atoms with van der Waals surface area (Å²) >= 11 is 0. The molecular formula is C18H25NO3. The van der Waals surface area contributed by atoms with Crippen molar-refractivity contribution < 1.29 is 14.3 Å². The van der Waals surface area contributed by atoms with Crippen molar-refractivity contribution in [1.29, 1.82) is 0 Å². The summed E-state index contributed by atoms with van der Waals surface area (Å²) in [6, 6.07) is 8.05. The maximum Gasteiger partial charge on any atom is 0.410 e. The van der Waals surface area contributed by atoms with Gasteiger partial charge in [0.2, 0.25) is 0 Å². The Labute approximate surface area is 132 Å². The van der Waals surface area contributed by atoms with Crippen molar-refractivity contribution in [2.24, 2.45) is 5.92 Å². The number of hydrogen-bond donors (Lipinski definition) is 0. The van der Waals surface area contributed by atoms with Gasteiger partial charge in [0.05, 0.1) is 13.2 Å². The van der Waals surface area contributed by atoms with Crippen LogP contribution in [0.4, 0.5) is 4.79 Å². The summed E-state index contributed by atoms with van der Waals surface area (Å²) in [7, 11) is 0. The highest BCUT2D eigenvalue weighted by molar-refractivity contribution is 5.69. The number of carbonyl (C=O) groups excluding carboxylic acids is 1. The highest BCUT2D eigenvalue weighted by Gasteiger charge is 2.21. The Kier molecular flexibility index (Phi) is 5.20. The van der Waals surface area contributed by atoms with Crippen LogP contribution in [0, 0.1) is 5.92 Å². The van der Waals surface area contributed by atoms with Gasteiger partial charge in [-0.2, -0.15) is 0 Å². The van der Waals surface area contributed by atoms with Crippen molar-refractivity contribution >= 4 is 6.09 Å². The molecule has 0 N–H and O–H groups in total. The average Bonchev–Trinajstić information content (AvgIpc) is 2.95. The predicted octanol–water partition coefficient (Wildman–Crippen LogP) is 3.99. The van der Waals surface area contributed by atoms with Gasteiger partial charge in [0, 0.05) is 6.54 Å². The van der Waals surface area contributed by atoms with E-state index in [9.17, 15) is 4.79 Å². The molecule has 3 rings (SSSR count). The van der Waals surface area contributed by atoms with Crippen LogP contribution in [0.25, 0.3) is 0 Å². The van der Waals surface area contributed by atoms with E-state index in [1.807, 2.05) is 24.3 Å². The third kappa shape index (κ3) is 4.15. The van der Waals surface area contributed by atoms with Crippen LogP contribution in [0.15, 0.2) is 24.3 Å². The first-order chi connectivity index (χ1) is 10.8. The monoisotopic (exact) mass is 303 g/mol. The summed E-state index contributed by atoms with van der Waals surface area (Å²) in [6.45, 7) is 2.60. The Hall–Kier alpha value is -1.71. The van der Waals surface area contributed by atoms with Crippen LogP contribution >= 0.6 is 0 Å². The first-order valence-corrected chi connectivity index (χ1v) is 8.45. The molecule has 22 heavy (non-hydrogen) atoms. The number of amides is 1. The largest absolute Gasteiger partial charge is 0.494 e. The van der Waals surface area contributed by atoms with Gasteiger partial charge >= 0.3 is 6.09 Å². The molecule has 2 aliphatic rings. The van der Waals surface area contributed by atoms with Crippen LogP contribution in [0.1, 0.15) is 44.1 Å². The fourth-order valence-electron chi connectivity index (χ4n) is 3.30. The lowest BCUT2D eigenvalue weighted by Gasteiger charge is -2.21. The smallest absolute Gasteiger partial charge is 0.410 e. The lowest BCUT2D eigenvalue weighted by molar-refractivity contribution is 0.157. The maximum absolute atomic E-state index is 11.4. The van der Waals surface area contributed by atoms with E-state index >= 15 is 0 Å². The minimum absolute atomic E-state index is 0.215. The van der Waals surface area contributed by atoms with Crippen LogP contribution in [-0.4, -0.2) is 30.8 Å². The summed E-state index contributed by atoms with van der Waals surface area (Å²) in [6.07, 6.45) is 7.87. The van der Waals surface area contributed by atoms with Crippen molar-refractivity contribution in [1.82, 2.24) is 4.90 Å². The molecule has 120 valence electrons. The van der Waals surface area contributed by atoms with Crippen LogP contribution < -0.4 is 4.74 Å². The molecule has 4 nitrogen and oxygen atoms in total. The van der Waals surface area contributed by atoms with Gasteiger partial charge in [-0.25, -0.2) is 4.79 Å². The van der Waals surface area contributed by atoms with Crippen LogP contribution in [-0.2, 0) is 11.3 Å². The van der Waals surface area contributed by atoms with Gasteiger partial charge in [0.15, 0.2) is 0 Å². The molecule has 1 aromatic rings. The number of ether oxygens (including phenoxy) is 2. The molecule has 1 amide bonds. The molecule has 1 aromatic carbocycles. The van der Waals surface area contributed by atoms with E-state index < -0.39 is 0 Å². The van der Waals surface area contributed by atoms with E-state index in [1.165, 1.54) is 38.5 Å². The number of rotatable bonds is 6. The van der Waals surface area contributed by atoms with E-state index in [4.69, 9.17) is 9.47 Å². The first-order valence-electron chi connectivity index (χ1n) is 8.45. The number of nitrogens with zero attached hydrogens (tertiary/aromatic N) is 1. The maximum atomic E-state index is 11.4. The molecule has 1 aliphatic carbocycles. The van der Waals surface area contributed by atoms with Gasteiger partial charge in [-0.1, -0.05) is 44.2 Å². The number of hydrogen-bond acceptors (Lipinski definition) is 3. The lowest BCUT2D eigenvalue weighted by atomic mass is 9.87. The standard InChI is InChI=1S/C18H25NO3/c20-18-19(11-13-22-18)14-16-6-8-17(9-7-16)21-12-10-15-4-2-1-3-5-15/h6-9,15H,1-5,10-14H2. The van der Waals surface area contributed by atoms with Crippen LogP contribution in [0.2, 0.25) is 0 Å². The highest BCUT2D eigenvalue weighted by Crippen LogP contribution is 2.26. The zero-order chi connectivity index (χ0) is 15.2. The van der Waals surface area contributed by atoms with E-state index in [0.717, 1.165) is 23.8 Å². The lowest BCUT2D eigenvalue weighted by Crippen LogP contribution is -2.23. The quantitative estimate of drug-likeness (QED) is 0.797. The van der Waals surface area contributed by atoms with Crippen molar-refractivity contribution in [3.63, 3.8) is 0 Å². The molecule has 4 heteroatoms. The Bertz CT molecular complexity index is 480. The molecular weight excluding hydrogens is 278 g/mol.